The van der Waals surface area contributed by atoms with E-state index in [0.717, 1.165) is 17.7 Å². The summed E-state index contributed by atoms with van der Waals surface area (Å²) >= 11 is 0. The molecule has 38 heavy (non-hydrogen) atoms. The van der Waals surface area contributed by atoms with Crippen molar-refractivity contribution in [2.45, 2.75) is 81.0 Å². The molecule has 210 valence electrons. The van der Waals surface area contributed by atoms with E-state index in [1.165, 1.54) is 0 Å². The van der Waals surface area contributed by atoms with Crippen molar-refractivity contribution in [1.82, 2.24) is 20.9 Å². The van der Waals surface area contributed by atoms with Gasteiger partial charge in [0.25, 0.3) is 0 Å². The Morgan fingerprint density at radius 1 is 1.13 bits per heavy atom. The molecular formula is C24H30F4N4O6. The van der Waals surface area contributed by atoms with Crippen LogP contribution in [-0.4, -0.2) is 83.7 Å². The first kappa shape index (κ1) is 26.8. The van der Waals surface area contributed by atoms with Crippen LogP contribution in [0.25, 0.3) is 0 Å². The number of fused-ring (bicyclic) bond motifs is 1. The Balaban J connectivity index is 1.29. The Bertz CT molecular complexity index is 1030. The van der Waals surface area contributed by atoms with Gasteiger partial charge in [0.15, 0.2) is 5.78 Å². The van der Waals surface area contributed by atoms with Crippen molar-refractivity contribution >= 4 is 29.4 Å². The van der Waals surface area contributed by atoms with Crippen LogP contribution in [0.1, 0.15) is 51.4 Å². The van der Waals surface area contributed by atoms with E-state index in [2.05, 4.69) is 20.7 Å². The molecule has 4 aliphatic carbocycles. The standard InChI is InChI=1S/C24H30F4N4O6/c25-22-9-23(10-22,11-22)31-20(36)21(37)32-7-13-2-1-3-14(13)17(32)19(35)30-15(6-12-4-5-29-18(12)34)16(33)8-38-24(26,27)28/h12-15,17H,1-11H2,(H,29,34)(H,30,35)(H,31,36)/t12-,13-,14-,15-,17-,22?,23?/m0/s1. The molecule has 0 aromatic rings. The molecule has 2 saturated heterocycles. The molecule has 4 saturated carbocycles. The van der Waals surface area contributed by atoms with Crippen LogP contribution in [0.3, 0.4) is 0 Å². The highest BCUT2D eigenvalue weighted by atomic mass is 19.4. The molecule has 2 bridgehead atoms. The summed E-state index contributed by atoms with van der Waals surface area (Å²) in [5, 5.41) is 7.66. The predicted molar refractivity (Wildman–Crippen MR) is 120 cm³/mol. The normalized spacial score (nSPS) is 36.0. The number of Topliss-reactive ketones (excluding diaryl/α,β-unsaturated/α-hetero) is 1. The molecule has 2 heterocycles. The van der Waals surface area contributed by atoms with Crippen LogP contribution in [0, 0.1) is 17.8 Å². The lowest BCUT2D eigenvalue weighted by atomic mass is 9.47. The summed E-state index contributed by atoms with van der Waals surface area (Å²) in [6, 6.07) is -2.55. The number of amides is 4. The molecule has 10 nitrogen and oxygen atoms in total. The van der Waals surface area contributed by atoms with Crippen molar-refractivity contribution in [3.8, 4) is 0 Å². The number of nitrogens with zero attached hydrogens (tertiary/aromatic N) is 1. The number of ketones is 1. The summed E-state index contributed by atoms with van der Waals surface area (Å²) in [5.74, 6) is -5.08. The maximum atomic E-state index is 13.8. The number of halogens is 4. The van der Waals surface area contributed by atoms with Crippen molar-refractivity contribution in [1.29, 1.82) is 0 Å². The third-order valence-corrected chi connectivity index (χ3v) is 8.72. The van der Waals surface area contributed by atoms with E-state index >= 15 is 0 Å². The van der Waals surface area contributed by atoms with Crippen molar-refractivity contribution in [3.05, 3.63) is 0 Å². The smallest absolute Gasteiger partial charge is 0.356 e. The summed E-state index contributed by atoms with van der Waals surface area (Å²) in [6.45, 7) is -0.856. The Morgan fingerprint density at radius 3 is 2.45 bits per heavy atom. The average Bonchev–Trinajstić information content (AvgIpc) is 3.50. The number of rotatable bonds is 8. The number of carbonyl (C=O) groups is 5. The molecule has 6 fully saturated rings. The van der Waals surface area contributed by atoms with Gasteiger partial charge in [0, 0.05) is 43.8 Å². The fraction of sp³-hybridized carbons (Fsp3) is 0.792. The summed E-state index contributed by atoms with van der Waals surface area (Å²) in [6.07, 6.45) is -2.36. The highest BCUT2D eigenvalue weighted by molar-refractivity contribution is 6.35. The lowest BCUT2D eigenvalue weighted by Gasteiger charge is -2.65. The Hall–Kier alpha value is -2.77. The molecule has 2 aliphatic heterocycles. The third-order valence-electron chi connectivity index (χ3n) is 8.72. The van der Waals surface area contributed by atoms with Crippen molar-refractivity contribution in [3.63, 3.8) is 0 Å². The zero-order valence-electron chi connectivity index (χ0n) is 20.6. The largest absolute Gasteiger partial charge is 0.522 e. The van der Waals surface area contributed by atoms with Gasteiger partial charge in [-0.15, -0.1) is 13.2 Å². The number of ether oxygens (including phenoxy) is 1. The Morgan fingerprint density at radius 2 is 1.84 bits per heavy atom. The van der Waals surface area contributed by atoms with E-state index in [1.807, 2.05) is 0 Å². The monoisotopic (exact) mass is 546 g/mol. The van der Waals surface area contributed by atoms with Crippen LogP contribution in [0.15, 0.2) is 0 Å². The molecule has 0 unspecified atom stereocenters. The van der Waals surface area contributed by atoms with Crippen LogP contribution in [0.5, 0.6) is 0 Å². The SMILES string of the molecule is O=C(NC12CC(F)(C1)C2)C(=O)N1C[C@@H]2CCC[C@@H]2[C@H]1C(=O)N[C@@H](C[C@@H]1CCNC1=O)C(=O)COC(F)(F)F. The summed E-state index contributed by atoms with van der Waals surface area (Å²) in [5.41, 5.74) is -2.01. The molecule has 5 atom stereocenters. The Labute approximate surface area is 215 Å². The molecule has 6 aliphatic rings. The topological polar surface area (TPSA) is 134 Å². The quantitative estimate of drug-likeness (QED) is 0.300. The maximum absolute atomic E-state index is 13.8. The number of likely N-dealkylation sites (tertiary alicyclic amines) is 1. The predicted octanol–water partition coefficient (Wildman–Crippen LogP) is 0.491. The Kier molecular flexibility index (Phi) is 6.67. The molecule has 0 aromatic carbocycles. The van der Waals surface area contributed by atoms with Gasteiger partial charge in [0.2, 0.25) is 11.8 Å². The van der Waals surface area contributed by atoms with Gasteiger partial charge >= 0.3 is 18.2 Å². The molecular weight excluding hydrogens is 516 g/mol. The minimum absolute atomic E-state index is 0.0464. The molecule has 6 rings (SSSR count). The highest BCUT2D eigenvalue weighted by Crippen LogP contribution is 2.62. The van der Waals surface area contributed by atoms with Crippen LogP contribution >= 0.6 is 0 Å². The van der Waals surface area contributed by atoms with Gasteiger partial charge in [-0.3, -0.25) is 28.7 Å². The van der Waals surface area contributed by atoms with Gasteiger partial charge in [-0.2, -0.15) is 0 Å². The van der Waals surface area contributed by atoms with Crippen molar-refractivity contribution in [2.75, 3.05) is 19.7 Å². The van der Waals surface area contributed by atoms with E-state index < -0.39 is 65.7 Å². The zero-order valence-corrected chi connectivity index (χ0v) is 20.6. The molecule has 0 radical (unpaired) electrons. The van der Waals surface area contributed by atoms with Crippen molar-refractivity contribution in [2.24, 2.45) is 17.8 Å². The van der Waals surface area contributed by atoms with Gasteiger partial charge < -0.3 is 20.9 Å². The van der Waals surface area contributed by atoms with Gasteiger partial charge in [-0.05, 0) is 37.5 Å². The van der Waals surface area contributed by atoms with Crippen LogP contribution in [0.4, 0.5) is 17.6 Å². The van der Waals surface area contributed by atoms with Crippen molar-refractivity contribution < 1.29 is 46.3 Å². The second-order valence-electron chi connectivity index (χ2n) is 11.4. The summed E-state index contributed by atoms with van der Waals surface area (Å²) < 4.78 is 55.2. The molecule has 0 aromatic heterocycles. The molecule has 4 amide bonds. The second kappa shape index (κ2) is 9.45. The first-order chi connectivity index (χ1) is 17.8. The lowest BCUT2D eigenvalue weighted by Crippen LogP contribution is -2.77. The van der Waals surface area contributed by atoms with Gasteiger partial charge in [-0.25, -0.2) is 4.39 Å². The highest BCUT2D eigenvalue weighted by Gasteiger charge is 2.70. The molecule has 3 N–H and O–H groups in total. The van der Waals surface area contributed by atoms with Gasteiger partial charge in [0.1, 0.15) is 18.3 Å². The van der Waals surface area contributed by atoms with E-state index in [4.69, 9.17) is 0 Å². The fourth-order valence-electron chi connectivity index (χ4n) is 7.01. The van der Waals surface area contributed by atoms with E-state index in [9.17, 15) is 41.5 Å². The van der Waals surface area contributed by atoms with Crippen LogP contribution < -0.4 is 16.0 Å². The fourth-order valence-corrected chi connectivity index (χ4v) is 7.01. The number of carbonyl (C=O) groups excluding carboxylic acids is 5. The summed E-state index contributed by atoms with van der Waals surface area (Å²) in [4.78, 5) is 65.3. The van der Waals surface area contributed by atoms with Crippen LogP contribution in [-0.2, 0) is 28.7 Å². The number of alkyl halides is 4. The van der Waals surface area contributed by atoms with Gasteiger partial charge in [0.05, 0.1) is 6.04 Å². The lowest BCUT2D eigenvalue weighted by molar-refractivity contribution is -0.321. The third kappa shape index (κ3) is 5.10. The number of hydrogen-bond donors (Lipinski definition) is 3. The second-order valence-corrected chi connectivity index (χ2v) is 11.4. The molecule has 14 heteroatoms. The van der Waals surface area contributed by atoms with E-state index in [1.54, 1.807) is 0 Å². The summed E-state index contributed by atoms with van der Waals surface area (Å²) in [7, 11) is 0. The first-order valence-electron chi connectivity index (χ1n) is 12.9. The maximum Gasteiger partial charge on any atom is 0.522 e. The average molecular weight is 547 g/mol. The molecule has 0 spiro atoms. The van der Waals surface area contributed by atoms with Gasteiger partial charge in [-0.1, -0.05) is 6.42 Å². The van der Waals surface area contributed by atoms with Crippen LogP contribution in [0.2, 0.25) is 0 Å². The zero-order chi connectivity index (χ0) is 27.5. The van der Waals surface area contributed by atoms with E-state index in [-0.39, 0.29) is 50.0 Å². The number of hydrogen-bond acceptors (Lipinski definition) is 6. The van der Waals surface area contributed by atoms with E-state index in [0.29, 0.717) is 19.4 Å². The minimum atomic E-state index is -5.06. The minimum Gasteiger partial charge on any atom is -0.356 e. The number of nitrogens with one attached hydrogen (secondary N) is 3. The first-order valence-corrected chi connectivity index (χ1v) is 12.9.